The summed E-state index contributed by atoms with van der Waals surface area (Å²) in [6, 6.07) is 4.58. The van der Waals surface area contributed by atoms with Gasteiger partial charge >= 0.3 is 0 Å². The third-order valence-electron chi connectivity index (χ3n) is 2.64. The maximum absolute atomic E-state index is 10.9. The Balaban J connectivity index is 2.36. The number of rotatable bonds is 2. The van der Waals surface area contributed by atoms with Crippen LogP contribution in [0.4, 0.5) is 11.4 Å². The highest BCUT2D eigenvalue weighted by molar-refractivity contribution is 6.30. The van der Waals surface area contributed by atoms with Crippen molar-refractivity contribution in [2.24, 2.45) is 0 Å². The summed E-state index contributed by atoms with van der Waals surface area (Å²) in [6.07, 6.45) is 0.232. The highest BCUT2D eigenvalue weighted by Crippen LogP contribution is 2.32. The number of nitro benzene ring substituents is 1. The molecule has 0 unspecified atom stereocenters. The van der Waals surface area contributed by atoms with Gasteiger partial charge in [-0.1, -0.05) is 11.6 Å². The largest absolute Gasteiger partial charge is 0.391 e. The van der Waals surface area contributed by atoms with E-state index in [-0.39, 0.29) is 5.69 Å². The van der Waals surface area contributed by atoms with Crippen LogP contribution < -0.4 is 4.90 Å². The average molecular weight is 243 g/mol. The first-order valence-electron chi connectivity index (χ1n) is 4.95. The van der Waals surface area contributed by atoms with E-state index < -0.39 is 11.0 Å². The Bertz CT molecular complexity index is 425. The lowest BCUT2D eigenvalue weighted by Gasteiger charge is -2.17. The highest BCUT2D eigenvalue weighted by atomic mass is 35.5. The second-order valence-corrected chi connectivity index (χ2v) is 4.22. The number of nitro groups is 1. The van der Waals surface area contributed by atoms with Crippen LogP contribution in [0.1, 0.15) is 6.42 Å². The number of aliphatic hydroxyl groups is 1. The summed E-state index contributed by atoms with van der Waals surface area (Å²) in [7, 11) is 0. The van der Waals surface area contributed by atoms with Crippen LogP contribution in [0.25, 0.3) is 0 Å². The molecular formula is C10H11ClN2O3. The van der Waals surface area contributed by atoms with Crippen LogP contribution in [0, 0.1) is 10.1 Å². The first kappa shape index (κ1) is 11.2. The Morgan fingerprint density at radius 2 is 2.31 bits per heavy atom. The van der Waals surface area contributed by atoms with E-state index in [0.717, 1.165) is 0 Å². The number of hydrogen-bond donors (Lipinski definition) is 1. The van der Waals surface area contributed by atoms with E-state index in [0.29, 0.717) is 30.2 Å². The van der Waals surface area contributed by atoms with E-state index in [2.05, 4.69) is 0 Å². The summed E-state index contributed by atoms with van der Waals surface area (Å²) in [4.78, 5) is 12.2. The summed E-state index contributed by atoms with van der Waals surface area (Å²) in [5, 5.41) is 20.6. The Labute approximate surface area is 97.4 Å². The van der Waals surface area contributed by atoms with Crippen molar-refractivity contribution in [1.82, 2.24) is 0 Å². The van der Waals surface area contributed by atoms with Gasteiger partial charge in [0.2, 0.25) is 0 Å². The highest BCUT2D eigenvalue weighted by Gasteiger charge is 2.26. The number of aliphatic hydroxyl groups excluding tert-OH is 1. The quantitative estimate of drug-likeness (QED) is 0.635. The van der Waals surface area contributed by atoms with E-state index in [4.69, 9.17) is 11.6 Å². The van der Waals surface area contributed by atoms with Crippen LogP contribution in [0.3, 0.4) is 0 Å². The molecule has 1 heterocycles. The number of nitrogens with zero attached hydrogens (tertiary/aromatic N) is 2. The smallest absolute Gasteiger partial charge is 0.294 e. The lowest BCUT2D eigenvalue weighted by molar-refractivity contribution is -0.384. The van der Waals surface area contributed by atoms with Crippen molar-refractivity contribution in [2.45, 2.75) is 12.5 Å². The molecule has 5 nitrogen and oxygen atoms in total. The molecule has 16 heavy (non-hydrogen) atoms. The van der Waals surface area contributed by atoms with Gasteiger partial charge in [-0.05, 0) is 18.6 Å². The molecule has 1 N–H and O–H groups in total. The van der Waals surface area contributed by atoms with Crippen molar-refractivity contribution in [3.63, 3.8) is 0 Å². The lowest BCUT2D eigenvalue weighted by Crippen LogP contribution is -2.22. The monoisotopic (exact) mass is 242 g/mol. The number of benzene rings is 1. The van der Waals surface area contributed by atoms with E-state index in [1.54, 1.807) is 17.0 Å². The van der Waals surface area contributed by atoms with Crippen LogP contribution in [-0.4, -0.2) is 29.2 Å². The SMILES string of the molecule is O=[N+]([O-])c1cc(Cl)ccc1N1CC[C@H](O)C1. The topological polar surface area (TPSA) is 66.6 Å². The summed E-state index contributed by atoms with van der Waals surface area (Å²) in [6.45, 7) is 1.06. The molecule has 2 rings (SSSR count). The summed E-state index contributed by atoms with van der Waals surface area (Å²) in [5.74, 6) is 0. The second-order valence-electron chi connectivity index (χ2n) is 3.78. The van der Waals surface area contributed by atoms with E-state index in [1.165, 1.54) is 6.07 Å². The van der Waals surface area contributed by atoms with Crippen LogP contribution >= 0.6 is 11.6 Å². The fourth-order valence-electron chi connectivity index (χ4n) is 1.87. The molecule has 0 bridgehead atoms. The van der Waals surface area contributed by atoms with Crippen molar-refractivity contribution < 1.29 is 10.0 Å². The fraction of sp³-hybridized carbons (Fsp3) is 0.400. The van der Waals surface area contributed by atoms with Crippen molar-refractivity contribution in [1.29, 1.82) is 0 Å². The van der Waals surface area contributed by atoms with Crippen molar-refractivity contribution >= 4 is 23.0 Å². The maximum Gasteiger partial charge on any atom is 0.294 e. The molecule has 6 heteroatoms. The molecule has 1 aliphatic heterocycles. The second kappa shape index (κ2) is 4.27. The lowest BCUT2D eigenvalue weighted by atomic mass is 10.2. The number of halogens is 1. The molecule has 1 aromatic carbocycles. The molecule has 0 radical (unpaired) electrons. The van der Waals surface area contributed by atoms with Gasteiger partial charge in [0.05, 0.1) is 11.0 Å². The zero-order valence-corrected chi connectivity index (χ0v) is 9.22. The Kier molecular flexibility index (Phi) is 2.98. The van der Waals surface area contributed by atoms with Gasteiger partial charge < -0.3 is 10.0 Å². The first-order valence-corrected chi connectivity index (χ1v) is 5.32. The Morgan fingerprint density at radius 3 is 2.88 bits per heavy atom. The Hall–Kier alpha value is -1.33. The van der Waals surface area contributed by atoms with Gasteiger partial charge in [0.15, 0.2) is 0 Å². The zero-order valence-electron chi connectivity index (χ0n) is 8.47. The van der Waals surface area contributed by atoms with Gasteiger partial charge in [-0.25, -0.2) is 0 Å². The minimum absolute atomic E-state index is 0.0124. The van der Waals surface area contributed by atoms with Crippen molar-refractivity contribution in [3.8, 4) is 0 Å². The van der Waals surface area contributed by atoms with Crippen LogP contribution in [0.2, 0.25) is 5.02 Å². The molecule has 1 saturated heterocycles. The normalized spacial score (nSPS) is 20.1. The van der Waals surface area contributed by atoms with E-state index >= 15 is 0 Å². The molecule has 0 aliphatic carbocycles. The molecule has 0 amide bonds. The molecule has 1 aliphatic rings. The van der Waals surface area contributed by atoms with Crippen molar-refractivity contribution in [2.75, 3.05) is 18.0 Å². The zero-order chi connectivity index (χ0) is 11.7. The van der Waals surface area contributed by atoms with Gasteiger partial charge in [-0.2, -0.15) is 0 Å². The third-order valence-corrected chi connectivity index (χ3v) is 2.87. The number of anilines is 1. The standard InChI is InChI=1S/C10H11ClN2O3/c11-7-1-2-9(10(5-7)13(15)16)12-4-3-8(14)6-12/h1-2,5,8,14H,3-4,6H2/t8-/m0/s1. The number of hydrogen-bond acceptors (Lipinski definition) is 4. The average Bonchev–Trinajstić information content (AvgIpc) is 2.64. The molecular weight excluding hydrogens is 232 g/mol. The third kappa shape index (κ3) is 2.10. The molecule has 1 atom stereocenters. The van der Waals surface area contributed by atoms with Gasteiger partial charge in [-0.15, -0.1) is 0 Å². The van der Waals surface area contributed by atoms with Crippen LogP contribution in [-0.2, 0) is 0 Å². The van der Waals surface area contributed by atoms with E-state index in [9.17, 15) is 15.2 Å². The minimum atomic E-state index is -0.452. The number of β-amino-alcohol motifs (C(OH)–C–C–N with tert-alkyl or cyclic N) is 1. The molecule has 1 fully saturated rings. The van der Waals surface area contributed by atoms with Crippen molar-refractivity contribution in [3.05, 3.63) is 33.3 Å². The molecule has 0 aromatic heterocycles. The van der Waals surface area contributed by atoms with Gasteiger partial charge in [-0.3, -0.25) is 10.1 Å². The van der Waals surface area contributed by atoms with Gasteiger partial charge in [0.25, 0.3) is 5.69 Å². The minimum Gasteiger partial charge on any atom is -0.391 e. The maximum atomic E-state index is 10.9. The molecule has 0 spiro atoms. The molecule has 0 saturated carbocycles. The first-order chi connectivity index (χ1) is 7.58. The summed E-state index contributed by atoms with van der Waals surface area (Å²) >= 11 is 5.72. The predicted molar refractivity (Wildman–Crippen MR) is 60.9 cm³/mol. The van der Waals surface area contributed by atoms with Gasteiger partial charge in [0, 0.05) is 24.2 Å². The molecule has 86 valence electrons. The van der Waals surface area contributed by atoms with Crippen LogP contribution in [0.15, 0.2) is 18.2 Å². The van der Waals surface area contributed by atoms with Gasteiger partial charge in [0.1, 0.15) is 5.69 Å². The van der Waals surface area contributed by atoms with E-state index in [1.807, 2.05) is 0 Å². The Morgan fingerprint density at radius 1 is 1.56 bits per heavy atom. The fourth-order valence-corrected chi connectivity index (χ4v) is 2.04. The molecule has 1 aromatic rings. The van der Waals surface area contributed by atoms with Crippen LogP contribution in [0.5, 0.6) is 0 Å². The summed E-state index contributed by atoms with van der Waals surface area (Å²) in [5.41, 5.74) is 0.507. The summed E-state index contributed by atoms with van der Waals surface area (Å²) < 4.78 is 0. The predicted octanol–water partition coefficient (Wildman–Crippen LogP) is 1.82.